The van der Waals surface area contributed by atoms with E-state index in [2.05, 4.69) is 6.92 Å². The molecule has 1 atom stereocenters. The Morgan fingerprint density at radius 3 is 1.92 bits per heavy atom. The van der Waals surface area contributed by atoms with E-state index in [-0.39, 0.29) is 12.3 Å². The summed E-state index contributed by atoms with van der Waals surface area (Å²) in [7, 11) is 0. The SMILES string of the molecule is CCCCCCCCCCCCC(c1ccccc1)C(O)(O)CC=S. The van der Waals surface area contributed by atoms with E-state index in [9.17, 15) is 10.2 Å². The highest BCUT2D eigenvalue weighted by Crippen LogP contribution is 2.33. The minimum Gasteiger partial charge on any atom is -0.365 e. The molecule has 0 aliphatic rings. The van der Waals surface area contributed by atoms with E-state index < -0.39 is 5.79 Å². The summed E-state index contributed by atoms with van der Waals surface area (Å²) in [6, 6.07) is 9.82. The molecular formula is C22H36O2S. The number of aliphatic hydroxyl groups is 2. The molecule has 1 unspecified atom stereocenters. The van der Waals surface area contributed by atoms with E-state index in [1.54, 1.807) is 0 Å². The van der Waals surface area contributed by atoms with Crippen molar-refractivity contribution < 1.29 is 10.2 Å². The van der Waals surface area contributed by atoms with Gasteiger partial charge in [-0.1, -0.05) is 114 Å². The fraction of sp³-hybridized carbons (Fsp3) is 0.682. The van der Waals surface area contributed by atoms with Crippen molar-refractivity contribution in [2.45, 2.75) is 95.7 Å². The first-order chi connectivity index (χ1) is 12.1. The van der Waals surface area contributed by atoms with Crippen molar-refractivity contribution in [3.63, 3.8) is 0 Å². The third-order valence-corrected chi connectivity index (χ3v) is 5.16. The van der Waals surface area contributed by atoms with Gasteiger partial charge >= 0.3 is 0 Å². The van der Waals surface area contributed by atoms with Crippen molar-refractivity contribution in [2.24, 2.45) is 0 Å². The van der Waals surface area contributed by atoms with Gasteiger partial charge in [-0.2, -0.15) is 0 Å². The van der Waals surface area contributed by atoms with Gasteiger partial charge in [0.1, 0.15) is 0 Å². The molecule has 0 radical (unpaired) electrons. The van der Waals surface area contributed by atoms with Crippen molar-refractivity contribution in [3.05, 3.63) is 35.9 Å². The Morgan fingerprint density at radius 1 is 0.880 bits per heavy atom. The molecule has 0 aliphatic heterocycles. The zero-order valence-electron chi connectivity index (χ0n) is 15.8. The Labute approximate surface area is 159 Å². The molecule has 2 nitrogen and oxygen atoms in total. The second kappa shape index (κ2) is 13.4. The molecule has 3 heteroatoms. The van der Waals surface area contributed by atoms with Crippen LogP contribution in [-0.2, 0) is 0 Å². The Bertz CT molecular complexity index is 445. The lowest BCUT2D eigenvalue weighted by atomic mass is 9.84. The van der Waals surface area contributed by atoms with Crippen molar-refractivity contribution in [2.75, 3.05) is 0 Å². The number of unbranched alkanes of at least 4 members (excludes halogenated alkanes) is 9. The lowest BCUT2D eigenvalue weighted by molar-refractivity contribution is -0.173. The zero-order valence-corrected chi connectivity index (χ0v) is 16.6. The molecule has 0 spiro atoms. The van der Waals surface area contributed by atoms with Crippen molar-refractivity contribution in [1.82, 2.24) is 0 Å². The summed E-state index contributed by atoms with van der Waals surface area (Å²) in [6.45, 7) is 2.25. The topological polar surface area (TPSA) is 40.5 Å². The lowest BCUT2D eigenvalue weighted by Crippen LogP contribution is -2.36. The quantitative estimate of drug-likeness (QED) is 0.223. The summed E-state index contributed by atoms with van der Waals surface area (Å²) < 4.78 is 0. The first-order valence-electron chi connectivity index (χ1n) is 10.0. The highest BCUT2D eigenvalue weighted by Gasteiger charge is 2.34. The van der Waals surface area contributed by atoms with E-state index >= 15 is 0 Å². The first kappa shape index (κ1) is 22.3. The van der Waals surface area contributed by atoms with Gasteiger partial charge < -0.3 is 10.2 Å². The minimum absolute atomic E-state index is 0.125. The monoisotopic (exact) mass is 364 g/mol. The van der Waals surface area contributed by atoms with Gasteiger partial charge in [0.25, 0.3) is 0 Å². The zero-order chi connectivity index (χ0) is 18.4. The van der Waals surface area contributed by atoms with Crippen LogP contribution in [0.1, 0.15) is 95.5 Å². The van der Waals surface area contributed by atoms with Gasteiger partial charge in [-0.15, -0.1) is 0 Å². The van der Waals surface area contributed by atoms with Crippen molar-refractivity contribution >= 4 is 17.6 Å². The maximum atomic E-state index is 10.4. The molecule has 0 aromatic heterocycles. The van der Waals surface area contributed by atoms with Crippen LogP contribution in [0.3, 0.4) is 0 Å². The summed E-state index contributed by atoms with van der Waals surface area (Å²) in [5, 5.41) is 22.3. The number of rotatable bonds is 15. The molecule has 2 N–H and O–H groups in total. The smallest absolute Gasteiger partial charge is 0.173 e. The van der Waals surface area contributed by atoms with Crippen LogP contribution in [0.15, 0.2) is 30.3 Å². The Hall–Kier alpha value is -0.770. The predicted molar refractivity (Wildman–Crippen MR) is 111 cm³/mol. The van der Waals surface area contributed by atoms with Gasteiger partial charge in [-0.05, 0) is 17.4 Å². The predicted octanol–water partition coefficient (Wildman–Crippen LogP) is 6.15. The summed E-state index contributed by atoms with van der Waals surface area (Å²) in [5.74, 6) is -2.02. The first-order valence-corrected chi connectivity index (χ1v) is 10.5. The van der Waals surface area contributed by atoms with Crippen LogP contribution in [0.25, 0.3) is 0 Å². The molecule has 1 aromatic carbocycles. The molecule has 0 amide bonds. The highest BCUT2D eigenvalue weighted by molar-refractivity contribution is 7.78. The molecule has 1 rings (SSSR count). The van der Waals surface area contributed by atoms with Crippen LogP contribution < -0.4 is 0 Å². The maximum absolute atomic E-state index is 10.4. The second-order valence-corrected chi connectivity index (χ2v) is 7.52. The summed E-state index contributed by atoms with van der Waals surface area (Å²) in [4.78, 5) is 0. The largest absolute Gasteiger partial charge is 0.365 e. The van der Waals surface area contributed by atoms with E-state index in [0.29, 0.717) is 0 Å². The van der Waals surface area contributed by atoms with Gasteiger partial charge in [0.05, 0.1) is 0 Å². The molecule has 25 heavy (non-hydrogen) atoms. The van der Waals surface area contributed by atoms with E-state index in [4.69, 9.17) is 12.2 Å². The molecule has 1 aromatic rings. The van der Waals surface area contributed by atoms with Gasteiger partial charge in [0, 0.05) is 12.3 Å². The van der Waals surface area contributed by atoms with E-state index in [1.807, 2.05) is 30.3 Å². The van der Waals surface area contributed by atoms with Crippen LogP contribution in [0.2, 0.25) is 0 Å². The Balaban J connectivity index is 2.31. The minimum atomic E-state index is -1.75. The molecule has 0 heterocycles. The number of hydrogen-bond donors (Lipinski definition) is 2. The normalized spacial score (nSPS) is 12.9. The maximum Gasteiger partial charge on any atom is 0.173 e. The molecule has 142 valence electrons. The number of benzene rings is 1. The van der Waals surface area contributed by atoms with Gasteiger partial charge in [0.2, 0.25) is 0 Å². The third kappa shape index (κ3) is 9.48. The molecule has 0 aliphatic carbocycles. The molecular weight excluding hydrogens is 328 g/mol. The van der Waals surface area contributed by atoms with E-state index in [0.717, 1.165) is 24.8 Å². The Morgan fingerprint density at radius 2 is 1.40 bits per heavy atom. The van der Waals surface area contributed by atoms with Gasteiger partial charge in [0.15, 0.2) is 5.79 Å². The van der Waals surface area contributed by atoms with Crippen LogP contribution in [0, 0.1) is 0 Å². The lowest BCUT2D eigenvalue weighted by Gasteiger charge is -2.31. The Kier molecular flexibility index (Phi) is 12.0. The standard InChI is InChI=1S/C22H36O2S/c1-2-3-4-5-6-7-8-9-10-14-17-21(22(23,24)18-19-25)20-15-12-11-13-16-20/h11-13,15-16,19,21,23-24H,2-10,14,17-18H2,1H3. The molecule has 0 saturated heterocycles. The number of hydrogen-bond acceptors (Lipinski definition) is 3. The fourth-order valence-electron chi connectivity index (χ4n) is 3.45. The van der Waals surface area contributed by atoms with Crippen molar-refractivity contribution in [3.8, 4) is 0 Å². The average Bonchev–Trinajstić information content (AvgIpc) is 2.60. The highest BCUT2D eigenvalue weighted by atomic mass is 32.1. The second-order valence-electron chi connectivity index (χ2n) is 7.18. The van der Waals surface area contributed by atoms with Gasteiger partial charge in [-0.3, -0.25) is 0 Å². The molecule has 0 saturated carbocycles. The third-order valence-electron chi connectivity index (χ3n) is 4.99. The summed E-state index contributed by atoms with van der Waals surface area (Å²) >= 11 is 4.85. The summed E-state index contributed by atoms with van der Waals surface area (Å²) in [6.07, 6.45) is 13.8. The average molecular weight is 365 g/mol. The van der Waals surface area contributed by atoms with E-state index in [1.165, 1.54) is 56.7 Å². The fourth-order valence-corrected chi connectivity index (χ4v) is 3.70. The molecule has 0 bridgehead atoms. The van der Waals surface area contributed by atoms with Crippen LogP contribution in [-0.4, -0.2) is 21.4 Å². The van der Waals surface area contributed by atoms with Gasteiger partial charge in [-0.25, -0.2) is 0 Å². The van der Waals surface area contributed by atoms with Crippen LogP contribution >= 0.6 is 12.2 Å². The van der Waals surface area contributed by atoms with Crippen LogP contribution in [0.4, 0.5) is 0 Å². The summed E-state index contributed by atoms with van der Waals surface area (Å²) in [5.41, 5.74) is 0.986. The number of thiocarbonyl (C=S) groups is 1. The molecule has 0 fully saturated rings. The van der Waals surface area contributed by atoms with Crippen molar-refractivity contribution in [1.29, 1.82) is 0 Å². The van der Waals surface area contributed by atoms with Crippen LogP contribution in [0.5, 0.6) is 0 Å².